The maximum absolute atomic E-state index is 11.9. The third-order valence-electron chi connectivity index (χ3n) is 2.61. The molecule has 1 aromatic rings. The quantitative estimate of drug-likeness (QED) is 0.717. The van der Waals surface area contributed by atoms with Gasteiger partial charge in [-0.1, -0.05) is 23.2 Å². The summed E-state index contributed by atoms with van der Waals surface area (Å²) in [4.78, 5) is 23.7. The zero-order valence-corrected chi connectivity index (χ0v) is 14.9. The van der Waals surface area contributed by atoms with Crippen molar-refractivity contribution >= 4 is 40.9 Å². The molecule has 0 aliphatic heterocycles. The lowest BCUT2D eigenvalue weighted by atomic mass is 10.1. The molecule has 1 rings (SSSR count). The minimum absolute atomic E-state index is 0.309. The first-order chi connectivity index (χ1) is 10.4. The number of esters is 1. The molecule has 0 spiro atoms. The maximum atomic E-state index is 11.9. The van der Waals surface area contributed by atoms with Crippen molar-refractivity contribution in [1.82, 2.24) is 5.32 Å². The molecule has 8 heteroatoms. The van der Waals surface area contributed by atoms with E-state index in [0.717, 1.165) is 0 Å². The first-order valence-corrected chi connectivity index (χ1v) is 7.62. The van der Waals surface area contributed by atoms with E-state index in [1.165, 1.54) is 19.1 Å². The van der Waals surface area contributed by atoms with Gasteiger partial charge < -0.3 is 20.5 Å². The second kappa shape index (κ2) is 7.38. The highest BCUT2D eigenvalue weighted by atomic mass is 35.5. The summed E-state index contributed by atoms with van der Waals surface area (Å²) in [7, 11) is 0. The molecule has 0 saturated heterocycles. The summed E-state index contributed by atoms with van der Waals surface area (Å²) < 4.78 is 5.09. The van der Waals surface area contributed by atoms with E-state index < -0.39 is 23.2 Å². The SMILES string of the molecule is CC(C)(C)OC(=O)[C@](C)(O)CNC(=O)Nc1cc(Cl)ccc1Cl. The molecular formula is C15H20Cl2N2O4. The Morgan fingerprint density at radius 3 is 2.39 bits per heavy atom. The monoisotopic (exact) mass is 362 g/mol. The van der Waals surface area contributed by atoms with Gasteiger partial charge >= 0.3 is 12.0 Å². The molecule has 0 fully saturated rings. The molecule has 0 saturated carbocycles. The minimum Gasteiger partial charge on any atom is -0.458 e. The van der Waals surface area contributed by atoms with Crippen molar-refractivity contribution < 1.29 is 19.4 Å². The van der Waals surface area contributed by atoms with Crippen LogP contribution in [0, 0.1) is 0 Å². The number of aliphatic hydroxyl groups is 1. The van der Waals surface area contributed by atoms with Gasteiger partial charge in [-0.2, -0.15) is 0 Å². The summed E-state index contributed by atoms with van der Waals surface area (Å²) >= 11 is 11.8. The van der Waals surface area contributed by atoms with E-state index in [0.29, 0.717) is 15.7 Å². The molecule has 0 aliphatic carbocycles. The highest BCUT2D eigenvalue weighted by Gasteiger charge is 2.35. The zero-order valence-electron chi connectivity index (χ0n) is 13.4. The van der Waals surface area contributed by atoms with E-state index in [2.05, 4.69) is 10.6 Å². The summed E-state index contributed by atoms with van der Waals surface area (Å²) in [6, 6.07) is 3.96. The number of urea groups is 1. The number of benzene rings is 1. The Morgan fingerprint density at radius 2 is 1.83 bits per heavy atom. The van der Waals surface area contributed by atoms with E-state index in [9.17, 15) is 14.7 Å². The van der Waals surface area contributed by atoms with Gasteiger partial charge in [0.1, 0.15) is 5.60 Å². The van der Waals surface area contributed by atoms with Gasteiger partial charge in [0.15, 0.2) is 5.60 Å². The topological polar surface area (TPSA) is 87.7 Å². The normalized spacial score (nSPS) is 13.9. The third kappa shape index (κ3) is 6.64. The first-order valence-electron chi connectivity index (χ1n) is 6.86. The lowest BCUT2D eigenvalue weighted by Crippen LogP contribution is -2.50. The lowest BCUT2D eigenvalue weighted by Gasteiger charge is -2.27. The Kier molecular flexibility index (Phi) is 6.27. The smallest absolute Gasteiger partial charge is 0.340 e. The van der Waals surface area contributed by atoms with Crippen LogP contribution in [0.1, 0.15) is 27.7 Å². The van der Waals surface area contributed by atoms with Gasteiger partial charge in [-0.05, 0) is 45.9 Å². The van der Waals surface area contributed by atoms with Crippen LogP contribution in [0.4, 0.5) is 10.5 Å². The first kappa shape index (κ1) is 19.5. The molecule has 2 amide bonds. The molecule has 0 aromatic heterocycles. The Balaban J connectivity index is 2.61. The second-order valence-electron chi connectivity index (χ2n) is 6.21. The summed E-state index contributed by atoms with van der Waals surface area (Å²) in [5, 5.41) is 15.7. The highest BCUT2D eigenvalue weighted by molar-refractivity contribution is 6.35. The van der Waals surface area contributed by atoms with Gasteiger partial charge in [0.05, 0.1) is 17.3 Å². The number of rotatable bonds is 4. The number of amides is 2. The second-order valence-corrected chi connectivity index (χ2v) is 7.05. The van der Waals surface area contributed by atoms with Crippen molar-refractivity contribution in [3.63, 3.8) is 0 Å². The van der Waals surface area contributed by atoms with E-state index in [1.54, 1.807) is 26.8 Å². The van der Waals surface area contributed by atoms with Crippen LogP contribution < -0.4 is 10.6 Å². The number of halogens is 2. The van der Waals surface area contributed by atoms with E-state index in [-0.39, 0.29) is 6.54 Å². The number of hydrogen-bond donors (Lipinski definition) is 3. The Bertz CT molecular complexity index is 598. The lowest BCUT2D eigenvalue weighted by molar-refractivity contribution is -0.174. The minimum atomic E-state index is -1.86. The Morgan fingerprint density at radius 1 is 1.22 bits per heavy atom. The van der Waals surface area contributed by atoms with Crippen LogP contribution in [0.5, 0.6) is 0 Å². The van der Waals surface area contributed by atoms with Gasteiger partial charge in [-0.3, -0.25) is 0 Å². The zero-order chi connectivity index (χ0) is 17.8. The molecule has 23 heavy (non-hydrogen) atoms. The molecule has 1 atom stereocenters. The van der Waals surface area contributed by atoms with Crippen molar-refractivity contribution in [1.29, 1.82) is 0 Å². The maximum Gasteiger partial charge on any atom is 0.340 e. The largest absolute Gasteiger partial charge is 0.458 e. The summed E-state index contributed by atoms with van der Waals surface area (Å²) in [5.74, 6) is -0.828. The molecule has 6 nitrogen and oxygen atoms in total. The molecular weight excluding hydrogens is 343 g/mol. The van der Waals surface area contributed by atoms with Crippen LogP contribution in [-0.4, -0.2) is 34.9 Å². The van der Waals surface area contributed by atoms with Crippen LogP contribution in [0.25, 0.3) is 0 Å². The molecule has 0 bridgehead atoms. The fourth-order valence-corrected chi connectivity index (χ4v) is 1.81. The summed E-state index contributed by atoms with van der Waals surface area (Å²) in [6.45, 7) is 5.98. The van der Waals surface area contributed by atoms with Crippen LogP contribution >= 0.6 is 23.2 Å². The van der Waals surface area contributed by atoms with Crippen molar-refractivity contribution in [2.24, 2.45) is 0 Å². The molecule has 0 aliphatic rings. The fourth-order valence-electron chi connectivity index (χ4n) is 1.47. The van der Waals surface area contributed by atoms with E-state index in [1.807, 2.05) is 0 Å². The number of ether oxygens (including phenoxy) is 1. The molecule has 0 unspecified atom stereocenters. The van der Waals surface area contributed by atoms with E-state index in [4.69, 9.17) is 27.9 Å². The van der Waals surface area contributed by atoms with Crippen LogP contribution in [-0.2, 0) is 9.53 Å². The van der Waals surface area contributed by atoms with Crippen molar-refractivity contribution in [3.8, 4) is 0 Å². The molecule has 1 aromatic carbocycles. The van der Waals surface area contributed by atoms with Crippen molar-refractivity contribution in [2.45, 2.75) is 38.9 Å². The van der Waals surface area contributed by atoms with Gasteiger partial charge in [0, 0.05) is 5.02 Å². The van der Waals surface area contributed by atoms with Gasteiger partial charge in [0.25, 0.3) is 0 Å². The summed E-state index contributed by atoms with van der Waals surface area (Å²) in [5.41, 5.74) is -2.28. The molecule has 128 valence electrons. The van der Waals surface area contributed by atoms with Crippen molar-refractivity contribution in [3.05, 3.63) is 28.2 Å². The number of carbonyl (C=O) groups excluding carboxylic acids is 2. The number of nitrogens with one attached hydrogen (secondary N) is 2. The number of anilines is 1. The van der Waals surface area contributed by atoms with Crippen LogP contribution in [0.3, 0.4) is 0 Å². The van der Waals surface area contributed by atoms with Crippen molar-refractivity contribution in [2.75, 3.05) is 11.9 Å². The number of carbonyl (C=O) groups is 2. The average Bonchev–Trinajstić information content (AvgIpc) is 2.39. The highest BCUT2D eigenvalue weighted by Crippen LogP contribution is 2.25. The predicted molar refractivity (Wildman–Crippen MR) is 90.0 cm³/mol. The predicted octanol–water partition coefficient (Wildman–Crippen LogP) is 3.21. The molecule has 3 N–H and O–H groups in total. The fraction of sp³-hybridized carbons (Fsp3) is 0.467. The molecule has 0 heterocycles. The Hall–Kier alpha value is -1.50. The summed E-state index contributed by atoms with van der Waals surface area (Å²) in [6.07, 6.45) is 0. The van der Waals surface area contributed by atoms with E-state index >= 15 is 0 Å². The standard InChI is InChI=1S/C15H20Cl2N2O4/c1-14(2,3)23-12(20)15(4,22)8-18-13(21)19-11-7-9(16)5-6-10(11)17/h5-7,22H,8H2,1-4H3,(H2,18,19,21)/t15-/m1/s1. The Labute approximate surface area is 145 Å². The van der Waals surface area contributed by atoms with Gasteiger partial charge in [0.2, 0.25) is 0 Å². The average molecular weight is 363 g/mol. The van der Waals surface area contributed by atoms with Gasteiger partial charge in [-0.25, -0.2) is 9.59 Å². The van der Waals surface area contributed by atoms with Crippen LogP contribution in [0.2, 0.25) is 10.0 Å². The van der Waals surface area contributed by atoms with Gasteiger partial charge in [-0.15, -0.1) is 0 Å². The van der Waals surface area contributed by atoms with Crippen LogP contribution in [0.15, 0.2) is 18.2 Å². The molecule has 0 radical (unpaired) electrons. The third-order valence-corrected chi connectivity index (χ3v) is 3.17. The number of hydrogen-bond acceptors (Lipinski definition) is 4.